The Labute approximate surface area is 140 Å². The summed E-state index contributed by atoms with van der Waals surface area (Å²) in [5.41, 5.74) is 0.894. The Kier molecular flexibility index (Phi) is 6.30. The zero-order chi connectivity index (χ0) is 15.8. The molecule has 0 unspecified atom stereocenters. The van der Waals surface area contributed by atoms with Gasteiger partial charge in [0.15, 0.2) is 5.11 Å². The maximum absolute atomic E-state index is 6.00. The maximum Gasteiger partial charge on any atom is 0.170 e. The van der Waals surface area contributed by atoms with Gasteiger partial charge in [-0.1, -0.05) is 23.7 Å². The van der Waals surface area contributed by atoms with Crippen molar-refractivity contribution in [2.75, 3.05) is 25.6 Å². The first-order valence-electron chi connectivity index (χ1n) is 6.75. The molecule has 0 saturated heterocycles. The van der Waals surface area contributed by atoms with Crippen molar-refractivity contribution in [3.8, 4) is 11.5 Å². The van der Waals surface area contributed by atoms with E-state index >= 15 is 0 Å². The van der Waals surface area contributed by atoms with Gasteiger partial charge in [-0.15, -0.1) is 0 Å². The van der Waals surface area contributed by atoms with Crippen molar-refractivity contribution in [3.05, 3.63) is 53.6 Å². The van der Waals surface area contributed by atoms with E-state index in [1.807, 2.05) is 42.5 Å². The van der Waals surface area contributed by atoms with E-state index < -0.39 is 0 Å². The van der Waals surface area contributed by atoms with Gasteiger partial charge in [0, 0.05) is 5.69 Å². The highest BCUT2D eigenvalue weighted by Crippen LogP contribution is 2.22. The van der Waals surface area contributed by atoms with Gasteiger partial charge in [0.25, 0.3) is 0 Å². The van der Waals surface area contributed by atoms with E-state index in [1.54, 1.807) is 13.2 Å². The van der Waals surface area contributed by atoms with Crippen LogP contribution >= 0.6 is 23.8 Å². The Hall–Kier alpha value is -1.98. The number of para-hydroxylation sites is 1. The second kappa shape index (κ2) is 8.46. The molecule has 0 aliphatic rings. The Morgan fingerprint density at radius 2 is 1.86 bits per heavy atom. The number of methoxy groups -OCH3 is 1. The Bertz CT molecular complexity index is 620. The predicted octanol–water partition coefficient (Wildman–Crippen LogP) is 3.71. The van der Waals surface area contributed by atoms with Crippen LogP contribution in [0.5, 0.6) is 11.5 Å². The maximum atomic E-state index is 6.00. The number of hydrogen-bond donors (Lipinski definition) is 2. The highest BCUT2D eigenvalue weighted by atomic mass is 35.5. The van der Waals surface area contributed by atoms with E-state index in [0.717, 1.165) is 11.4 Å². The van der Waals surface area contributed by atoms with Gasteiger partial charge in [-0.2, -0.15) is 0 Å². The van der Waals surface area contributed by atoms with E-state index in [9.17, 15) is 0 Å². The number of hydrogen-bond acceptors (Lipinski definition) is 3. The predicted molar refractivity (Wildman–Crippen MR) is 94.2 cm³/mol. The minimum Gasteiger partial charge on any atom is -0.497 e. The van der Waals surface area contributed by atoms with Crippen LogP contribution in [0.2, 0.25) is 5.02 Å². The lowest BCUT2D eigenvalue weighted by molar-refractivity contribution is 0.323. The van der Waals surface area contributed by atoms with Gasteiger partial charge in [0.2, 0.25) is 0 Å². The molecule has 0 aliphatic carbocycles. The molecule has 0 saturated carbocycles. The Morgan fingerprint density at radius 1 is 1.14 bits per heavy atom. The molecule has 2 aromatic rings. The molecule has 0 heterocycles. The lowest BCUT2D eigenvalue weighted by Crippen LogP contribution is -2.31. The van der Waals surface area contributed by atoms with Crippen LogP contribution in [-0.2, 0) is 0 Å². The fourth-order valence-corrected chi connectivity index (χ4v) is 2.15. The van der Waals surface area contributed by atoms with Gasteiger partial charge in [-0.25, -0.2) is 0 Å². The molecule has 0 aromatic heterocycles. The molecule has 2 rings (SSSR count). The third-order valence-corrected chi connectivity index (χ3v) is 3.39. The molecular formula is C16H17ClN2O2S. The minimum absolute atomic E-state index is 0.466. The van der Waals surface area contributed by atoms with Gasteiger partial charge in [-0.3, -0.25) is 0 Å². The minimum atomic E-state index is 0.466. The van der Waals surface area contributed by atoms with E-state index in [0.29, 0.717) is 29.0 Å². The summed E-state index contributed by atoms with van der Waals surface area (Å²) in [7, 11) is 1.63. The topological polar surface area (TPSA) is 42.5 Å². The number of thiocarbonyl (C=S) groups is 1. The van der Waals surface area contributed by atoms with Crippen LogP contribution in [0.1, 0.15) is 0 Å². The number of benzene rings is 2. The molecule has 0 bridgehead atoms. The fraction of sp³-hybridized carbons (Fsp3) is 0.188. The van der Waals surface area contributed by atoms with Gasteiger partial charge in [0.05, 0.1) is 18.7 Å². The molecule has 0 radical (unpaired) electrons. The average molecular weight is 337 g/mol. The summed E-state index contributed by atoms with van der Waals surface area (Å²) >= 11 is 11.2. The van der Waals surface area contributed by atoms with Crippen molar-refractivity contribution in [2.24, 2.45) is 0 Å². The lowest BCUT2D eigenvalue weighted by atomic mass is 10.3. The Balaban J connectivity index is 1.70. The molecule has 4 nitrogen and oxygen atoms in total. The molecule has 0 spiro atoms. The molecule has 6 heteroatoms. The number of halogens is 1. The number of anilines is 1. The summed E-state index contributed by atoms with van der Waals surface area (Å²) < 4.78 is 10.7. The first-order valence-corrected chi connectivity index (χ1v) is 7.54. The van der Waals surface area contributed by atoms with Crippen molar-refractivity contribution < 1.29 is 9.47 Å². The molecule has 22 heavy (non-hydrogen) atoms. The summed E-state index contributed by atoms with van der Waals surface area (Å²) in [6.07, 6.45) is 0. The second-order valence-corrected chi connectivity index (χ2v) is 5.20. The van der Waals surface area contributed by atoms with Crippen LogP contribution in [0.4, 0.5) is 5.69 Å². The lowest BCUT2D eigenvalue weighted by Gasteiger charge is -2.12. The van der Waals surface area contributed by atoms with Crippen molar-refractivity contribution in [1.29, 1.82) is 0 Å². The molecule has 0 amide bonds. The van der Waals surface area contributed by atoms with Crippen LogP contribution in [-0.4, -0.2) is 25.4 Å². The summed E-state index contributed by atoms with van der Waals surface area (Å²) in [5, 5.41) is 7.29. The Morgan fingerprint density at radius 3 is 2.55 bits per heavy atom. The molecule has 2 N–H and O–H groups in total. The number of ether oxygens (including phenoxy) is 2. The van der Waals surface area contributed by atoms with Crippen LogP contribution in [0.3, 0.4) is 0 Å². The van der Waals surface area contributed by atoms with Gasteiger partial charge >= 0.3 is 0 Å². The van der Waals surface area contributed by atoms with Gasteiger partial charge < -0.3 is 20.1 Å². The summed E-state index contributed by atoms with van der Waals surface area (Å²) in [4.78, 5) is 0. The van der Waals surface area contributed by atoms with Crippen LogP contribution in [0, 0.1) is 0 Å². The smallest absolute Gasteiger partial charge is 0.170 e. The van der Waals surface area contributed by atoms with E-state index in [-0.39, 0.29) is 0 Å². The van der Waals surface area contributed by atoms with Gasteiger partial charge in [0.1, 0.15) is 18.1 Å². The van der Waals surface area contributed by atoms with Crippen molar-refractivity contribution >= 4 is 34.6 Å². The average Bonchev–Trinajstić information content (AvgIpc) is 2.54. The molecule has 0 atom stereocenters. The zero-order valence-electron chi connectivity index (χ0n) is 12.1. The monoisotopic (exact) mass is 336 g/mol. The summed E-state index contributed by atoms with van der Waals surface area (Å²) in [6.45, 7) is 1.04. The fourth-order valence-electron chi connectivity index (χ4n) is 1.74. The zero-order valence-corrected chi connectivity index (χ0v) is 13.7. The standard InChI is InChI=1S/C16H17ClN2O2S/c1-20-13-8-6-12(7-9-13)19-16(22)18-10-11-21-15-5-3-2-4-14(15)17/h2-9H,10-11H2,1H3,(H2,18,19,22). The van der Waals surface area contributed by atoms with Crippen LogP contribution in [0.25, 0.3) is 0 Å². The molecule has 116 valence electrons. The first-order chi connectivity index (χ1) is 10.7. The molecule has 0 aliphatic heterocycles. The van der Waals surface area contributed by atoms with Gasteiger partial charge in [-0.05, 0) is 48.6 Å². The van der Waals surface area contributed by atoms with E-state index in [1.165, 1.54) is 0 Å². The van der Waals surface area contributed by atoms with Crippen LogP contribution < -0.4 is 20.1 Å². The molecular weight excluding hydrogens is 320 g/mol. The largest absolute Gasteiger partial charge is 0.497 e. The highest BCUT2D eigenvalue weighted by Gasteiger charge is 2.01. The quantitative estimate of drug-likeness (QED) is 0.621. The number of rotatable bonds is 6. The summed E-state index contributed by atoms with van der Waals surface area (Å²) in [5.74, 6) is 1.47. The van der Waals surface area contributed by atoms with Crippen molar-refractivity contribution in [3.63, 3.8) is 0 Å². The molecule has 0 fully saturated rings. The van der Waals surface area contributed by atoms with E-state index in [4.69, 9.17) is 33.3 Å². The third-order valence-electron chi connectivity index (χ3n) is 2.83. The van der Waals surface area contributed by atoms with Crippen LogP contribution in [0.15, 0.2) is 48.5 Å². The molecule has 2 aromatic carbocycles. The second-order valence-electron chi connectivity index (χ2n) is 4.39. The number of nitrogens with one attached hydrogen (secondary N) is 2. The van der Waals surface area contributed by atoms with E-state index in [2.05, 4.69) is 10.6 Å². The normalized spacial score (nSPS) is 9.91. The first kappa shape index (κ1) is 16.4. The SMILES string of the molecule is COc1ccc(NC(=S)NCCOc2ccccc2Cl)cc1. The summed E-state index contributed by atoms with van der Waals surface area (Å²) in [6, 6.07) is 14.9. The van der Waals surface area contributed by atoms with Crippen molar-refractivity contribution in [2.45, 2.75) is 0 Å². The third kappa shape index (κ3) is 5.09. The van der Waals surface area contributed by atoms with Crippen molar-refractivity contribution in [1.82, 2.24) is 5.32 Å². The highest BCUT2D eigenvalue weighted by molar-refractivity contribution is 7.80.